The van der Waals surface area contributed by atoms with Crippen LogP contribution < -0.4 is 10.5 Å². The van der Waals surface area contributed by atoms with E-state index in [1.54, 1.807) is 18.2 Å². The minimum absolute atomic E-state index is 0.0620. The third kappa shape index (κ3) is 6.32. The molecule has 1 heterocycles. The van der Waals surface area contributed by atoms with Crippen molar-refractivity contribution < 1.29 is 23.8 Å². The van der Waals surface area contributed by atoms with Crippen LogP contribution in [0.25, 0.3) is 0 Å². The maximum atomic E-state index is 11.9. The molecule has 3 rings (SSSR count). The molecule has 154 valence electrons. The molecule has 0 radical (unpaired) electrons. The van der Waals surface area contributed by atoms with E-state index in [4.69, 9.17) is 19.9 Å². The molecule has 2 aromatic carbocycles. The third-order valence-electron chi connectivity index (χ3n) is 4.57. The molecule has 0 spiro atoms. The average molecular weight is 416 g/mol. The van der Waals surface area contributed by atoms with Gasteiger partial charge in [-0.05, 0) is 62.2 Å². The highest BCUT2D eigenvalue weighted by atomic mass is 32.2. The summed E-state index contributed by atoms with van der Waals surface area (Å²) in [6.45, 7) is 4.06. The molecule has 1 aliphatic heterocycles. The second-order valence-corrected chi connectivity index (χ2v) is 7.85. The summed E-state index contributed by atoms with van der Waals surface area (Å²) in [6, 6.07) is 12.5. The highest BCUT2D eigenvalue weighted by Crippen LogP contribution is 2.32. The molecule has 0 aliphatic carbocycles. The molecule has 2 N–H and O–H groups in total. The minimum Gasteiger partial charge on any atom is -0.491 e. The lowest BCUT2D eigenvalue weighted by molar-refractivity contribution is -0.0388. The van der Waals surface area contributed by atoms with E-state index in [2.05, 4.69) is 0 Å². The van der Waals surface area contributed by atoms with Crippen LogP contribution >= 0.6 is 11.8 Å². The molecule has 1 saturated heterocycles. The van der Waals surface area contributed by atoms with Gasteiger partial charge in [-0.1, -0.05) is 11.8 Å². The van der Waals surface area contributed by atoms with Gasteiger partial charge in [-0.25, -0.2) is 0 Å². The first-order valence-corrected chi connectivity index (χ1v) is 10.4. The maximum absolute atomic E-state index is 11.9. The van der Waals surface area contributed by atoms with Gasteiger partial charge in [0, 0.05) is 34.1 Å². The molecular weight excluding hydrogens is 390 g/mol. The summed E-state index contributed by atoms with van der Waals surface area (Å²) < 4.78 is 16.8. The molecule has 0 saturated carbocycles. The van der Waals surface area contributed by atoms with E-state index in [0.717, 1.165) is 36.7 Å². The quantitative estimate of drug-likeness (QED) is 0.496. The lowest BCUT2D eigenvalue weighted by atomic mass is 10.1. The number of primary amides is 1. The summed E-state index contributed by atoms with van der Waals surface area (Å²) in [7, 11) is 0. The predicted molar refractivity (Wildman–Crippen MR) is 111 cm³/mol. The molecule has 0 atom stereocenters. The van der Waals surface area contributed by atoms with E-state index >= 15 is 0 Å². The molecule has 2 aromatic rings. The molecule has 1 aliphatic rings. The summed E-state index contributed by atoms with van der Waals surface area (Å²) in [6.07, 6.45) is 2.13. The van der Waals surface area contributed by atoms with Gasteiger partial charge in [0.1, 0.15) is 12.4 Å². The Labute approximate surface area is 174 Å². The number of ether oxygens (including phenoxy) is 3. The van der Waals surface area contributed by atoms with E-state index in [9.17, 15) is 9.59 Å². The van der Waals surface area contributed by atoms with Crippen LogP contribution in [0.3, 0.4) is 0 Å². The van der Waals surface area contributed by atoms with Crippen LogP contribution in [-0.2, 0) is 9.47 Å². The van der Waals surface area contributed by atoms with Gasteiger partial charge in [-0.2, -0.15) is 0 Å². The minimum atomic E-state index is -0.520. The fourth-order valence-electron chi connectivity index (χ4n) is 3.00. The number of hydrogen-bond donors (Lipinski definition) is 1. The molecule has 29 heavy (non-hydrogen) atoms. The molecule has 0 aromatic heterocycles. The number of Topliss-reactive ketones (excluding diaryl/α,β-unsaturated/α-hetero) is 1. The Hall–Kier alpha value is -2.35. The summed E-state index contributed by atoms with van der Waals surface area (Å²) in [4.78, 5) is 25.0. The number of ketones is 1. The highest BCUT2D eigenvalue weighted by molar-refractivity contribution is 7.99. The van der Waals surface area contributed by atoms with E-state index < -0.39 is 5.91 Å². The monoisotopic (exact) mass is 415 g/mol. The van der Waals surface area contributed by atoms with Crippen LogP contribution in [0.1, 0.15) is 40.5 Å². The lowest BCUT2D eigenvalue weighted by Crippen LogP contribution is -2.25. The first kappa shape index (κ1) is 21.4. The van der Waals surface area contributed by atoms with Crippen LogP contribution in [0.4, 0.5) is 0 Å². The zero-order valence-corrected chi connectivity index (χ0v) is 17.2. The molecular formula is C22H25NO5S. The number of carbonyl (C=O) groups is 2. The smallest absolute Gasteiger partial charge is 0.248 e. The van der Waals surface area contributed by atoms with Crippen molar-refractivity contribution in [3.8, 4) is 5.75 Å². The van der Waals surface area contributed by atoms with Crippen molar-refractivity contribution in [3.05, 3.63) is 53.6 Å². The van der Waals surface area contributed by atoms with Crippen LogP contribution in [-0.4, -0.2) is 44.2 Å². The van der Waals surface area contributed by atoms with E-state index in [1.165, 1.54) is 18.7 Å². The van der Waals surface area contributed by atoms with Gasteiger partial charge in [-0.3, -0.25) is 9.59 Å². The summed E-state index contributed by atoms with van der Waals surface area (Å²) in [5.74, 6) is 0.171. The summed E-state index contributed by atoms with van der Waals surface area (Å²) in [5, 5.41) is 0. The Morgan fingerprint density at radius 3 is 2.48 bits per heavy atom. The Bertz CT molecular complexity index is 847. The normalized spacial score (nSPS) is 14.5. The van der Waals surface area contributed by atoms with Gasteiger partial charge in [0.05, 0.1) is 12.7 Å². The molecule has 0 bridgehead atoms. The number of benzene rings is 2. The Kier molecular flexibility index (Phi) is 7.69. The Morgan fingerprint density at radius 1 is 1.10 bits per heavy atom. The van der Waals surface area contributed by atoms with Crippen molar-refractivity contribution >= 4 is 23.5 Å². The molecule has 7 heteroatoms. The van der Waals surface area contributed by atoms with Gasteiger partial charge in [0.25, 0.3) is 0 Å². The van der Waals surface area contributed by atoms with E-state index in [-0.39, 0.29) is 11.9 Å². The van der Waals surface area contributed by atoms with Gasteiger partial charge in [0.15, 0.2) is 5.78 Å². The van der Waals surface area contributed by atoms with Gasteiger partial charge in [-0.15, -0.1) is 0 Å². The molecule has 1 fully saturated rings. The van der Waals surface area contributed by atoms with Gasteiger partial charge >= 0.3 is 0 Å². The van der Waals surface area contributed by atoms with Gasteiger partial charge < -0.3 is 19.9 Å². The van der Waals surface area contributed by atoms with Crippen molar-refractivity contribution in [3.63, 3.8) is 0 Å². The SMILES string of the molecule is CC(=O)c1ccc(C(N)=O)cc1Sc1ccc(OCCOC2CCOCC2)cc1. The van der Waals surface area contributed by atoms with Crippen molar-refractivity contribution in [1.29, 1.82) is 0 Å². The average Bonchev–Trinajstić information content (AvgIpc) is 2.73. The van der Waals surface area contributed by atoms with Crippen molar-refractivity contribution in [2.24, 2.45) is 5.73 Å². The van der Waals surface area contributed by atoms with Crippen LogP contribution in [0.5, 0.6) is 5.75 Å². The number of rotatable bonds is 9. The van der Waals surface area contributed by atoms with Crippen LogP contribution in [0, 0.1) is 0 Å². The largest absolute Gasteiger partial charge is 0.491 e. The fraction of sp³-hybridized carbons (Fsp3) is 0.364. The highest BCUT2D eigenvalue weighted by Gasteiger charge is 2.14. The fourth-order valence-corrected chi connectivity index (χ4v) is 4.03. The maximum Gasteiger partial charge on any atom is 0.248 e. The predicted octanol–water partition coefficient (Wildman–Crippen LogP) is 3.71. The van der Waals surface area contributed by atoms with Crippen molar-refractivity contribution in [2.45, 2.75) is 35.7 Å². The van der Waals surface area contributed by atoms with E-state index in [0.29, 0.717) is 29.2 Å². The number of nitrogens with two attached hydrogens (primary N) is 1. The molecule has 0 unspecified atom stereocenters. The number of hydrogen-bond acceptors (Lipinski definition) is 6. The first-order chi connectivity index (χ1) is 14.0. The summed E-state index contributed by atoms with van der Waals surface area (Å²) in [5.41, 5.74) is 6.30. The van der Waals surface area contributed by atoms with Crippen molar-refractivity contribution in [2.75, 3.05) is 26.4 Å². The number of carbonyl (C=O) groups excluding carboxylic acids is 2. The molecule has 1 amide bonds. The Balaban J connectivity index is 1.55. The standard InChI is InChI=1S/C22H25NO5S/c1-15(24)20-7-2-16(22(23)25)14-21(20)29-19-5-3-17(4-6-19)27-12-13-28-18-8-10-26-11-9-18/h2-7,14,18H,8-13H2,1H3,(H2,23,25). The van der Waals surface area contributed by atoms with Crippen LogP contribution in [0.15, 0.2) is 52.3 Å². The van der Waals surface area contributed by atoms with Gasteiger partial charge in [0.2, 0.25) is 5.91 Å². The second kappa shape index (κ2) is 10.4. The topological polar surface area (TPSA) is 87.9 Å². The first-order valence-electron chi connectivity index (χ1n) is 9.58. The third-order valence-corrected chi connectivity index (χ3v) is 5.64. The molecule has 6 nitrogen and oxygen atoms in total. The van der Waals surface area contributed by atoms with Crippen LogP contribution in [0.2, 0.25) is 0 Å². The second-order valence-electron chi connectivity index (χ2n) is 6.74. The van der Waals surface area contributed by atoms with E-state index in [1.807, 2.05) is 24.3 Å². The lowest BCUT2D eigenvalue weighted by Gasteiger charge is -2.22. The number of amides is 1. The summed E-state index contributed by atoms with van der Waals surface area (Å²) >= 11 is 1.41. The zero-order valence-electron chi connectivity index (χ0n) is 16.4. The zero-order chi connectivity index (χ0) is 20.6. The van der Waals surface area contributed by atoms with Crippen molar-refractivity contribution in [1.82, 2.24) is 0 Å². The Morgan fingerprint density at radius 2 is 1.83 bits per heavy atom.